The molecule has 0 aliphatic carbocycles. The smallest absolute Gasteiger partial charge is 0.0946 e. The maximum Gasteiger partial charge on any atom is 0.146 e. The SMILES string of the molecule is CC#CSC(C#CSC#CCCC)(CCC)SC#CCC. The second-order valence-electron chi connectivity index (χ2n) is 4.05. The predicted octanol–water partition coefficient (Wildman–Crippen LogP) is 5.76. The highest BCUT2D eigenvalue weighted by Gasteiger charge is 2.28. The second kappa shape index (κ2) is 14.2. The molecule has 0 heterocycles. The van der Waals surface area contributed by atoms with Crippen molar-refractivity contribution in [2.24, 2.45) is 0 Å². The van der Waals surface area contributed by atoms with Crippen molar-refractivity contribution in [2.75, 3.05) is 0 Å². The van der Waals surface area contributed by atoms with E-state index in [2.05, 4.69) is 65.5 Å². The van der Waals surface area contributed by atoms with Crippen molar-refractivity contribution in [2.45, 2.75) is 63.9 Å². The van der Waals surface area contributed by atoms with Crippen molar-refractivity contribution in [3.8, 4) is 44.7 Å². The van der Waals surface area contributed by atoms with Gasteiger partial charge in [0.25, 0.3) is 0 Å². The molecule has 0 aliphatic rings. The third kappa shape index (κ3) is 10.6. The minimum absolute atomic E-state index is 0.265. The first kappa shape index (κ1) is 20.3. The summed E-state index contributed by atoms with van der Waals surface area (Å²) in [6.45, 7) is 8.20. The van der Waals surface area contributed by atoms with Crippen molar-refractivity contribution >= 4 is 35.3 Å². The van der Waals surface area contributed by atoms with Crippen LogP contribution in [0.1, 0.15) is 59.8 Å². The number of hydrogen-bond acceptors (Lipinski definition) is 3. The Morgan fingerprint density at radius 2 is 1.62 bits per heavy atom. The van der Waals surface area contributed by atoms with Gasteiger partial charge in [-0.15, -0.1) is 0 Å². The van der Waals surface area contributed by atoms with Crippen molar-refractivity contribution < 1.29 is 0 Å². The Morgan fingerprint density at radius 1 is 0.857 bits per heavy atom. The Hall–Kier alpha value is -0.710. The van der Waals surface area contributed by atoms with Crippen molar-refractivity contribution in [1.29, 1.82) is 0 Å². The van der Waals surface area contributed by atoms with Crippen LogP contribution in [0, 0.1) is 44.7 Å². The zero-order valence-electron chi connectivity index (χ0n) is 13.3. The summed E-state index contributed by atoms with van der Waals surface area (Å²) in [7, 11) is 0. The van der Waals surface area contributed by atoms with E-state index in [0.717, 1.165) is 32.1 Å². The molecule has 0 fully saturated rings. The molecule has 0 saturated heterocycles. The first-order valence-corrected chi connectivity index (χ1v) is 9.61. The normalized spacial score (nSPS) is 11.2. The van der Waals surface area contributed by atoms with Crippen LogP contribution in [0.4, 0.5) is 0 Å². The van der Waals surface area contributed by atoms with E-state index in [1.807, 2.05) is 6.92 Å². The molecule has 0 radical (unpaired) electrons. The molecular weight excluding hydrogens is 312 g/mol. The first-order chi connectivity index (χ1) is 10.2. The molecule has 21 heavy (non-hydrogen) atoms. The summed E-state index contributed by atoms with van der Waals surface area (Å²) in [6, 6.07) is 0. The monoisotopic (exact) mass is 334 g/mol. The highest BCUT2D eigenvalue weighted by molar-refractivity contribution is 8.22. The van der Waals surface area contributed by atoms with E-state index in [9.17, 15) is 0 Å². The molecular formula is C18H22S3. The van der Waals surface area contributed by atoms with Gasteiger partial charge in [-0.1, -0.05) is 50.9 Å². The molecule has 0 saturated carbocycles. The third-order valence-corrected chi connectivity index (χ3v) is 4.93. The summed E-state index contributed by atoms with van der Waals surface area (Å²) in [6.07, 6.45) is 4.90. The van der Waals surface area contributed by atoms with Gasteiger partial charge in [0.1, 0.15) is 4.08 Å². The van der Waals surface area contributed by atoms with Crippen LogP contribution in [0.3, 0.4) is 0 Å². The van der Waals surface area contributed by atoms with Crippen LogP contribution in [-0.2, 0) is 0 Å². The van der Waals surface area contributed by atoms with E-state index in [1.54, 1.807) is 23.5 Å². The predicted molar refractivity (Wildman–Crippen MR) is 102 cm³/mol. The van der Waals surface area contributed by atoms with Gasteiger partial charge in [0.05, 0.1) is 0 Å². The van der Waals surface area contributed by atoms with Gasteiger partial charge in [0, 0.05) is 24.6 Å². The molecule has 1 atom stereocenters. The van der Waals surface area contributed by atoms with Crippen molar-refractivity contribution in [3.05, 3.63) is 0 Å². The van der Waals surface area contributed by atoms with Crippen LogP contribution >= 0.6 is 35.3 Å². The Labute approximate surface area is 143 Å². The highest BCUT2D eigenvalue weighted by atomic mass is 32.2. The molecule has 0 N–H and O–H groups in total. The van der Waals surface area contributed by atoms with Gasteiger partial charge >= 0.3 is 0 Å². The lowest BCUT2D eigenvalue weighted by atomic mass is 10.2. The van der Waals surface area contributed by atoms with Gasteiger partial charge in [-0.2, -0.15) is 0 Å². The summed E-state index contributed by atoms with van der Waals surface area (Å²) in [4.78, 5) is 0. The quantitative estimate of drug-likeness (QED) is 0.464. The van der Waals surface area contributed by atoms with Crippen LogP contribution in [0.2, 0.25) is 0 Å². The molecule has 0 aromatic rings. The zero-order valence-corrected chi connectivity index (χ0v) is 15.7. The molecule has 1 unspecified atom stereocenters. The Morgan fingerprint density at radius 3 is 2.24 bits per heavy atom. The summed E-state index contributed by atoms with van der Waals surface area (Å²) in [5, 5.41) is 12.4. The van der Waals surface area contributed by atoms with Gasteiger partial charge in [0.2, 0.25) is 0 Å². The molecule has 0 amide bonds. The molecule has 0 spiro atoms. The average Bonchev–Trinajstić information content (AvgIpc) is 2.49. The average molecular weight is 335 g/mol. The van der Waals surface area contributed by atoms with Gasteiger partial charge in [-0.3, -0.25) is 0 Å². The van der Waals surface area contributed by atoms with E-state index >= 15 is 0 Å². The number of unbranched alkanes of at least 4 members (excludes halogenated alkanes) is 1. The molecule has 0 nitrogen and oxygen atoms in total. The lowest BCUT2D eigenvalue weighted by Gasteiger charge is -2.20. The number of hydrogen-bond donors (Lipinski definition) is 0. The Bertz CT molecular complexity index is 520. The van der Waals surface area contributed by atoms with Gasteiger partial charge in [-0.05, 0) is 64.3 Å². The molecule has 0 aromatic heterocycles. The lowest BCUT2D eigenvalue weighted by Crippen LogP contribution is -2.15. The summed E-state index contributed by atoms with van der Waals surface area (Å²) in [5.41, 5.74) is 0. The molecule has 0 aromatic carbocycles. The van der Waals surface area contributed by atoms with Gasteiger partial charge < -0.3 is 0 Å². The summed E-state index contributed by atoms with van der Waals surface area (Å²) < 4.78 is -0.265. The molecule has 112 valence electrons. The van der Waals surface area contributed by atoms with E-state index < -0.39 is 0 Å². The largest absolute Gasteiger partial charge is 0.146 e. The van der Waals surface area contributed by atoms with Gasteiger partial charge in [-0.25, -0.2) is 0 Å². The second-order valence-corrected chi connectivity index (χ2v) is 7.13. The fourth-order valence-electron chi connectivity index (χ4n) is 1.23. The van der Waals surface area contributed by atoms with Crippen LogP contribution in [0.15, 0.2) is 0 Å². The maximum absolute atomic E-state index is 3.34. The van der Waals surface area contributed by atoms with Crippen molar-refractivity contribution in [3.63, 3.8) is 0 Å². The van der Waals surface area contributed by atoms with E-state index in [1.165, 1.54) is 11.8 Å². The third-order valence-electron chi connectivity index (χ3n) is 2.15. The van der Waals surface area contributed by atoms with Crippen molar-refractivity contribution in [1.82, 2.24) is 0 Å². The maximum atomic E-state index is 3.34. The highest BCUT2D eigenvalue weighted by Crippen LogP contribution is 2.40. The molecule has 0 aliphatic heterocycles. The van der Waals surface area contributed by atoms with E-state index in [-0.39, 0.29) is 4.08 Å². The first-order valence-electron chi connectivity index (χ1n) is 7.16. The molecule has 0 rings (SSSR count). The lowest BCUT2D eigenvalue weighted by molar-refractivity contribution is 0.811. The van der Waals surface area contributed by atoms with Crippen LogP contribution in [0.5, 0.6) is 0 Å². The van der Waals surface area contributed by atoms with Gasteiger partial charge in [0.15, 0.2) is 0 Å². The van der Waals surface area contributed by atoms with Crippen LogP contribution in [-0.4, -0.2) is 4.08 Å². The Balaban J connectivity index is 5.01. The minimum Gasteiger partial charge on any atom is -0.0946 e. The number of rotatable bonds is 5. The fourth-order valence-corrected chi connectivity index (χ4v) is 3.69. The van der Waals surface area contributed by atoms with Crippen LogP contribution < -0.4 is 0 Å². The van der Waals surface area contributed by atoms with E-state index in [4.69, 9.17) is 0 Å². The summed E-state index contributed by atoms with van der Waals surface area (Å²) in [5.74, 6) is 12.5. The molecule has 0 bridgehead atoms. The van der Waals surface area contributed by atoms with Crippen LogP contribution in [0.25, 0.3) is 0 Å². The minimum atomic E-state index is -0.265. The summed E-state index contributed by atoms with van der Waals surface area (Å²) >= 11 is 4.54. The Kier molecular flexibility index (Phi) is 13.8. The topological polar surface area (TPSA) is 0 Å². The molecule has 3 heteroatoms. The zero-order chi connectivity index (χ0) is 15.8. The standard InChI is InChI=1S/C18H22S3/c1-5-9-11-15-19-17-13-18(12-7-3,20-14-8-4)21-16-10-6-2/h5-7,9,12H2,1-4H3. The number of thioether (sulfide) groups is 3. The van der Waals surface area contributed by atoms with E-state index in [0.29, 0.717) is 0 Å². The fraction of sp³-hybridized carbons (Fsp3) is 0.556.